The fraction of sp³-hybridized carbons (Fsp3) is 0.545. The molecule has 82 valence electrons. The normalized spacial score (nSPS) is 9.14. The van der Waals surface area contributed by atoms with E-state index in [1.165, 1.54) is 0 Å². The molecule has 0 saturated heterocycles. The minimum Gasteiger partial charge on any atom is -0.387 e. The molecule has 0 aliphatic carbocycles. The summed E-state index contributed by atoms with van der Waals surface area (Å²) in [4.78, 5) is 0. The lowest BCUT2D eigenvalue weighted by molar-refractivity contribution is 0.417. The SMILES string of the molecule is C/C=C(\NC)c1ccon1.CC.CC. The molecule has 0 atom stereocenters. The van der Waals surface area contributed by atoms with Crippen molar-refractivity contribution in [2.24, 2.45) is 0 Å². The molecule has 0 amide bonds. The van der Waals surface area contributed by atoms with Crippen LogP contribution in [-0.4, -0.2) is 12.2 Å². The highest BCUT2D eigenvalue weighted by atomic mass is 16.5. The van der Waals surface area contributed by atoms with Gasteiger partial charge in [-0.15, -0.1) is 0 Å². The van der Waals surface area contributed by atoms with E-state index in [0.717, 1.165) is 11.4 Å². The van der Waals surface area contributed by atoms with Gasteiger partial charge in [0, 0.05) is 13.1 Å². The summed E-state index contributed by atoms with van der Waals surface area (Å²) in [5.41, 5.74) is 1.82. The van der Waals surface area contributed by atoms with Crippen molar-refractivity contribution >= 4 is 5.70 Å². The van der Waals surface area contributed by atoms with Gasteiger partial charge in [0.1, 0.15) is 12.0 Å². The maximum atomic E-state index is 4.67. The number of rotatable bonds is 2. The van der Waals surface area contributed by atoms with Crippen LogP contribution < -0.4 is 5.32 Å². The Kier molecular flexibility index (Phi) is 12.8. The van der Waals surface area contributed by atoms with E-state index in [9.17, 15) is 0 Å². The zero-order valence-electron chi connectivity index (χ0n) is 10.1. The highest BCUT2D eigenvalue weighted by Gasteiger charge is 1.98. The molecule has 0 aliphatic heterocycles. The third-order valence-corrected chi connectivity index (χ3v) is 1.27. The molecule has 1 aromatic heterocycles. The Morgan fingerprint density at radius 1 is 1.36 bits per heavy atom. The quantitative estimate of drug-likeness (QED) is 0.792. The van der Waals surface area contributed by atoms with Gasteiger partial charge in [0.05, 0.1) is 5.70 Å². The number of allylic oxidation sites excluding steroid dienone is 1. The van der Waals surface area contributed by atoms with Gasteiger partial charge in [-0.3, -0.25) is 0 Å². The average Bonchev–Trinajstić information content (AvgIpc) is 2.79. The molecule has 1 rings (SSSR count). The third kappa shape index (κ3) is 5.41. The Morgan fingerprint density at radius 2 is 1.93 bits per heavy atom. The van der Waals surface area contributed by atoms with Gasteiger partial charge >= 0.3 is 0 Å². The second-order valence-electron chi connectivity index (χ2n) is 1.84. The fourth-order valence-electron chi connectivity index (χ4n) is 0.772. The zero-order valence-corrected chi connectivity index (χ0v) is 10.1. The summed E-state index contributed by atoms with van der Waals surface area (Å²) in [7, 11) is 1.85. The molecule has 14 heavy (non-hydrogen) atoms. The molecule has 1 N–H and O–H groups in total. The zero-order chi connectivity index (χ0) is 11.4. The van der Waals surface area contributed by atoms with Crippen molar-refractivity contribution in [2.75, 3.05) is 7.05 Å². The first-order chi connectivity index (χ1) is 6.88. The first-order valence-corrected chi connectivity index (χ1v) is 5.13. The number of aromatic nitrogens is 1. The maximum Gasteiger partial charge on any atom is 0.129 e. The first kappa shape index (κ1) is 15.2. The lowest BCUT2D eigenvalue weighted by Gasteiger charge is -1.98. The Labute approximate surface area is 87.2 Å². The molecular formula is C11H22N2O. The van der Waals surface area contributed by atoms with E-state index in [1.54, 1.807) is 6.26 Å². The Bertz CT molecular complexity index is 215. The Hall–Kier alpha value is -1.25. The third-order valence-electron chi connectivity index (χ3n) is 1.27. The van der Waals surface area contributed by atoms with Crippen molar-refractivity contribution < 1.29 is 4.52 Å². The molecule has 1 aromatic rings. The van der Waals surface area contributed by atoms with Crippen LogP contribution in [0.15, 0.2) is 22.9 Å². The molecule has 0 aliphatic rings. The minimum atomic E-state index is 0.838. The van der Waals surface area contributed by atoms with Crippen molar-refractivity contribution in [3.05, 3.63) is 24.1 Å². The van der Waals surface area contributed by atoms with E-state index >= 15 is 0 Å². The van der Waals surface area contributed by atoms with Crippen LogP contribution in [0.25, 0.3) is 5.70 Å². The van der Waals surface area contributed by atoms with Crippen molar-refractivity contribution in [2.45, 2.75) is 34.6 Å². The van der Waals surface area contributed by atoms with Crippen LogP contribution in [0.4, 0.5) is 0 Å². The van der Waals surface area contributed by atoms with Crippen LogP contribution in [0, 0.1) is 0 Å². The van der Waals surface area contributed by atoms with Crippen molar-refractivity contribution in [3.8, 4) is 0 Å². The highest BCUT2D eigenvalue weighted by molar-refractivity contribution is 5.59. The number of hydrogen-bond acceptors (Lipinski definition) is 3. The highest BCUT2D eigenvalue weighted by Crippen LogP contribution is 2.05. The number of nitrogens with zero attached hydrogens (tertiary/aromatic N) is 1. The van der Waals surface area contributed by atoms with Gasteiger partial charge in [-0.2, -0.15) is 0 Å². The van der Waals surface area contributed by atoms with Gasteiger partial charge in [0.25, 0.3) is 0 Å². The molecule has 1 heterocycles. The van der Waals surface area contributed by atoms with E-state index in [1.807, 2.05) is 53.8 Å². The lowest BCUT2D eigenvalue weighted by Crippen LogP contribution is -2.03. The topological polar surface area (TPSA) is 38.1 Å². The standard InChI is InChI=1S/C7H10N2O.2C2H6/c1-3-6(8-2)7-4-5-10-9-7;2*1-2/h3-5,8H,1-2H3;2*1-2H3/b6-3-;;. The van der Waals surface area contributed by atoms with E-state index in [-0.39, 0.29) is 0 Å². The van der Waals surface area contributed by atoms with Crippen LogP contribution in [0.5, 0.6) is 0 Å². The molecule has 0 spiro atoms. The summed E-state index contributed by atoms with van der Waals surface area (Å²) in [6.07, 6.45) is 3.49. The van der Waals surface area contributed by atoms with Gasteiger partial charge in [-0.1, -0.05) is 38.9 Å². The molecule has 0 saturated carbocycles. The molecule has 3 heteroatoms. The summed E-state index contributed by atoms with van der Waals surface area (Å²) in [5.74, 6) is 0. The van der Waals surface area contributed by atoms with Gasteiger partial charge in [0.15, 0.2) is 0 Å². The van der Waals surface area contributed by atoms with E-state index in [4.69, 9.17) is 0 Å². The smallest absolute Gasteiger partial charge is 0.129 e. The molecule has 3 nitrogen and oxygen atoms in total. The summed E-state index contributed by atoms with van der Waals surface area (Å²) < 4.78 is 4.67. The summed E-state index contributed by atoms with van der Waals surface area (Å²) in [6, 6.07) is 1.81. The van der Waals surface area contributed by atoms with Gasteiger partial charge < -0.3 is 9.84 Å². The van der Waals surface area contributed by atoms with E-state index in [2.05, 4.69) is 15.0 Å². The summed E-state index contributed by atoms with van der Waals surface area (Å²) >= 11 is 0. The lowest BCUT2D eigenvalue weighted by atomic mass is 10.3. The van der Waals surface area contributed by atoms with Gasteiger partial charge in [-0.05, 0) is 6.92 Å². The van der Waals surface area contributed by atoms with Crippen LogP contribution in [0.2, 0.25) is 0 Å². The van der Waals surface area contributed by atoms with Crippen LogP contribution in [0.3, 0.4) is 0 Å². The number of hydrogen-bond donors (Lipinski definition) is 1. The summed E-state index contributed by atoms with van der Waals surface area (Å²) in [5, 5.41) is 6.75. The molecule has 0 aromatic carbocycles. The Balaban J connectivity index is 0. The van der Waals surface area contributed by atoms with Crippen molar-refractivity contribution in [1.29, 1.82) is 0 Å². The second kappa shape index (κ2) is 11.8. The van der Waals surface area contributed by atoms with E-state index < -0.39 is 0 Å². The predicted octanol–water partition coefficient (Wildman–Crippen LogP) is 3.31. The minimum absolute atomic E-state index is 0.838. The average molecular weight is 198 g/mol. The first-order valence-electron chi connectivity index (χ1n) is 5.13. The fourth-order valence-corrected chi connectivity index (χ4v) is 0.772. The molecular weight excluding hydrogens is 176 g/mol. The maximum absolute atomic E-state index is 4.67. The molecule has 0 bridgehead atoms. The molecule has 0 unspecified atom stereocenters. The van der Waals surface area contributed by atoms with Crippen LogP contribution in [-0.2, 0) is 0 Å². The largest absolute Gasteiger partial charge is 0.387 e. The van der Waals surface area contributed by atoms with Crippen LogP contribution >= 0.6 is 0 Å². The second-order valence-corrected chi connectivity index (χ2v) is 1.84. The van der Waals surface area contributed by atoms with Gasteiger partial charge in [-0.25, -0.2) is 0 Å². The Morgan fingerprint density at radius 3 is 2.21 bits per heavy atom. The van der Waals surface area contributed by atoms with Crippen molar-refractivity contribution in [3.63, 3.8) is 0 Å². The molecule has 0 radical (unpaired) electrons. The molecule has 0 fully saturated rings. The van der Waals surface area contributed by atoms with Crippen molar-refractivity contribution in [1.82, 2.24) is 10.5 Å². The summed E-state index contributed by atoms with van der Waals surface area (Å²) in [6.45, 7) is 9.94. The van der Waals surface area contributed by atoms with E-state index in [0.29, 0.717) is 0 Å². The number of nitrogens with one attached hydrogen (secondary N) is 1. The van der Waals surface area contributed by atoms with Crippen LogP contribution in [0.1, 0.15) is 40.3 Å². The predicted molar refractivity (Wildman–Crippen MR) is 61.9 cm³/mol. The van der Waals surface area contributed by atoms with Gasteiger partial charge in [0.2, 0.25) is 0 Å². The monoisotopic (exact) mass is 198 g/mol.